The lowest BCUT2D eigenvalue weighted by Crippen LogP contribution is -2.32. The molecule has 3 rings (SSSR count). The Labute approximate surface area is 186 Å². The number of aromatic hydroxyl groups is 1. The first-order valence-electron chi connectivity index (χ1n) is 9.97. The van der Waals surface area contributed by atoms with Crippen LogP contribution >= 0.6 is 11.8 Å². The van der Waals surface area contributed by atoms with Gasteiger partial charge in [-0.1, -0.05) is 23.8 Å². The fourth-order valence-electron chi connectivity index (χ4n) is 3.08. The minimum atomic E-state index is -0.362. The molecule has 162 valence electrons. The van der Waals surface area contributed by atoms with Crippen LogP contribution in [0.2, 0.25) is 0 Å². The molecule has 2 aromatic rings. The van der Waals surface area contributed by atoms with Gasteiger partial charge in [-0.15, -0.1) is 6.58 Å². The van der Waals surface area contributed by atoms with Gasteiger partial charge in [-0.3, -0.25) is 14.5 Å². The maximum absolute atomic E-state index is 12.8. The summed E-state index contributed by atoms with van der Waals surface area (Å²) in [4.78, 5) is 26.6. The molecule has 0 unspecified atom stereocenters. The number of rotatable bonds is 9. The Kier molecular flexibility index (Phi) is 7.41. The van der Waals surface area contributed by atoms with Crippen molar-refractivity contribution < 1.29 is 24.2 Å². The number of imide groups is 1. The topological polar surface area (TPSA) is 76.1 Å². The van der Waals surface area contributed by atoms with Gasteiger partial charge in [0.25, 0.3) is 11.1 Å². The minimum Gasteiger partial charge on any atom is -0.504 e. The average molecular weight is 440 g/mol. The molecule has 0 radical (unpaired) electrons. The number of allylic oxidation sites excluding steroid dienone is 1. The molecule has 1 aliphatic heterocycles. The van der Waals surface area contributed by atoms with Crippen LogP contribution in [-0.4, -0.2) is 40.9 Å². The predicted octanol–water partition coefficient (Wildman–Crippen LogP) is 4.94. The Morgan fingerprint density at radius 1 is 1.16 bits per heavy atom. The molecule has 31 heavy (non-hydrogen) atoms. The minimum absolute atomic E-state index is 0.0558. The molecular formula is C24H25NO5S. The molecule has 0 aromatic heterocycles. The Morgan fingerprint density at radius 2 is 1.90 bits per heavy atom. The largest absolute Gasteiger partial charge is 0.504 e. The molecule has 0 saturated carbocycles. The van der Waals surface area contributed by atoms with E-state index in [1.54, 1.807) is 24.3 Å². The van der Waals surface area contributed by atoms with E-state index >= 15 is 0 Å². The van der Waals surface area contributed by atoms with Crippen molar-refractivity contribution in [3.8, 4) is 17.2 Å². The number of carbonyl (C=O) groups excluding carboxylic acids is 2. The van der Waals surface area contributed by atoms with Crippen LogP contribution < -0.4 is 9.47 Å². The van der Waals surface area contributed by atoms with Crippen molar-refractivity contribution in [2.24, 2.45) is 0 Å². The van der Waals surface area contributed by atoms with Gasteiger partial charge in [0.15, 0.2) is 11.5 Å². The Bertz CT molecular complexity index is 1010. The van der Waals surface area contributed by atoms with E-state index in [0.717, 1.165) is 17.3 Å². The van der Waals surface area contributed by atoms with E-state index in [2.05, 4.69) is 6.58 Å². The number of thioether (sulfide) groups is 1. The fraction of sp³-hybridized carbons (Fsp3) is 0.250. The van der Waals surface area contributed by atoms with Gasteiger partial charge in [-0.2, -0.15) is 0 Å². The second-order valence-electron chi connectivity index (χ2n) is 6.95. The lowest BCUT2D eigenvalue weighted by molar-refractivity contribution is -0.123. The van der Waals surface area contributed by atoms with Crippen LogP contribution in [0.3, 0.4) is 0 Å². The van der Waals surface area contributed by atoms with Gasteiger partial charge >= 0.3 is 0 Å². The van der Waals surface area contributed by atoms with Gasteiger partial charge in [0.1, 0.15) is 12.4 Å². The third kappa shape index (κ3) is 5.49. The van der Waals surface area contributed by atoms with Gasteiger partial charge in [0, 0.05) is 5.56 Å². The maximum atomic E-state index is 12.8. The summed E-state index contributed by atoms with van der Waals surface area (Å²) >= 11 is 0.887. The van der Waals surface area contributed by atoms with Crippen molar-refractivity contribution >= 4 is 29.0 Å². The Hall–Kier alpha value is -3.19. The second kappa shape index (κ2) is 10.2. The Morgan fingerprint density at radius 3 is 2.58 bits per heavy atom. The number of hydrogen-bond donors (Lipinski definition) is 1. The van der Waals surface area contributed by atoms with Crippen molar-refractivity contribution in [2.45, 2.75) is 20.3 Å². The number of phenolic OH excluding ortho intramolecular Hbond substituents is 1. The first-order valence-corrected chi connectivity index (χ1v) is 10.8. The Balaban J connectivity index is 1.73. The van der Waals surface area contributed by atoms with E-state index in [4.69, 9.17) is 9.47 Å². The zero-order chi connectivity index (χ0) is 22.4. The second-order valence-corrected chi connectivity index (χ2v) is 7.94. The van der Waals surface area contributed by atoms with E-state index in [1.807, 2.05) is 38.1 Å². The highest BCUT2D eigenvalue weighted by atomic mass is 32.2. The summed E-state index contributed by atoms with van der Waals surface area (Å²) in [5, 5.41) is 10.0. The molecule has 2 amide bonds. The van der Waals surface area contributed by atoms with Crippen molar-refractivity contribution in [2.75, 3.05) is 19.8 Å². The van der Waals surface area contributed by atoms with Gasteiger partial charge in [0.05, 0.1) is 18.1 Å². The molecule has 1 heterocycles. The zero-order valence-electron chi connectivity index (χ0n) is 17.6. The smallest absolute Gasteiger partial charge is 0.293 e. The monoisotopic (exact) mass is 439 g/mol. The summed E-state index contributed by atoms with van der Waals surface area (Å²) in [6, 6.07) is 11.0. The standard InChI is InChI=1S/C24H25NO5S/c1-4-6-18-13-17(14-20(22(18)26)29-5-2)15-21-23(27)25(24(28)31-21)11-12-30-19-9-7-16(3)8-10-19/h4,7-10,13-15,26H,1,5-6,11-12H2,2-3H3/b21-15-. The van der Waals surface area contributed by atoms with Crippen molar-refractivity contribution in [1.29, 1.82) is 0 Å². The average Bonchev–Trinajstić information content (AvgIpc) is 3.00. The zero-order valence-corrected chi connectivity index (χ0v) is 18.4. The number of hydrogen-bond acceptors (Lipinski definition) is 6. The molecule has 2 aromatic carbocycles. The van der Waals surface area contributed by atoms with Crippen LogP contribution in [0.15, 0.2) is 54.0 Å². The van der Waals surface area contributed by atoms with E-state index in [9.17, 15) is 14.7 Å². The molecule has 0 spiro atoms. The third-order valence-corrected chi connectivity index (χ3v) is 5.52. The van der Waals surface area contributed by atoms with Gasteiger partial charge in [-0.05, 0) is 67.9 Å². The van der Waals surface area contributed by atoms with Crippen LogP contribution in [0.5, 0.6) is 17.2 Å². The molecule has 1 saturated heterocycles. The summed E-state index contributed by atoms with van der Waals surface area (Å²) in [5.74, 6) is 0.716. The van der Waals surface area contributed by atoms with E-state index in [1.165, 1.54) is 4.90 Å². The molecular weight excluding hydrogens is 414 g/mol. The van der Waals surface area contributed by atoms with E-state index < -0.39 is 0 Å². The quantitative estimate of drug-likeness (QED) is 0.440. The first kappa shape index (κ1) is 22.5. The third-order valence-electron chi connectivity index (χ3n) is 4.62. The normalized spacial score (nSPS) is 14.9. The number of ether oxygens (including phenoxy) is 2. The molecule has 0 bridgehead atoms. The summed E-state index contributed by atoms with van der Waals surface area (Å²) in [7, 11) is 0. The highest BCUT2D eigenvalue weighted by Gasteiger charge is 2.34. The molecule has 0 aliphatic carbocycles. The van der Waals surface area contributed by atoms with Crippen LogP contribution in [0.4, 0.5) is 4.79 Å². The highest BCUT2D eigenvalue weighted by Crippen LogP contribution is 2.36. The number of benzene rings is 2. The number of amides is 2. The number of carbonyl (C=O) groups is 2. The summed E-state index contributed by atoms with van der Waals surface area (Å²) in [5.41, 5.74) is 2.43. The van der Waals surface area contributed by atoms with Crippen molar-refractivity contribution in [3.63, 3.8) is 0 Å². The van der Waals surface area contributed by atoms with Crippen LogP contribution in [0.1, 0.15) is 23.6 Å². The van der Waals surface area contributed by atoms with Crippen LogP contribution in [0, 0.1) is 6.92 Å². The first-order chi connectivity index (χ1) is 14.9. The van der Waals surface area contributed by atoms with Crippen LogP contribution in [0.25, 0.3) is 6.08 Å². The lowest BCUT2D eigenvalue weighted by atomic mass is 10.1. The summed E-state index contributed by atoms with van der Waals surface area (Å²) < 4.78 is 11.1. The molecule has 1 N–H and O–H groups in total. The van der Waals surface area contributed by atoms with Crippen molar-refractivity contribution in [3.05, 3.63) is 70.6 Å². The highest BCUT2D eigenvalue weighted by molar-refractivity contribution is 8.18. The maximum Gasteiger partial charge on any atom is 0.293 e. The van der Waals surface area contributed by atoms with Gasteiger partial charge in [0.2, 0.25) is 0 Å². The summed E-state index contributed by atoms with van der Waals surface area (Å²) in [6.45, 7) is 8.28. The molecule has 1 aliphatic rings. The predicted molar refractivity (Wildman–Crippen MR) is 123 cm³/mol. The molecule has 1 fully saturated rings. The van der Waals surface area contributed by atoms with Crippen molar-refractivity contribution in [1.82, 2.24) is 4.90 Å². The van der Waals surface area contributed by atoms with Gasteiger partial charge in [-0.25, -0.2) is 0 Å². The number of nitrogens with zero attached hydrogens (tertiary/aromatic N) is 1. The van der Waals surface area contributed by atoms with E-state index in [-0.39, 0.29) is 30.0 Å². The molecule has 7 heteroatoms. The molecule has 0 atom stereocenters. The fourth-order valence-corrected chi connectivity index (χ4v) is 3.95. The van der Waals surface area contributed by atoms with E-state index in [0.29, 0.717) is 40.6 Å². The molecule has 6 nitrogen and oxygen atoms in total. The summed E-state index contributed by atoms with van der Waals surface area (Å²) in [6.07, 6.45) is 3.77. The lowest BCUT2D eigenvalue weighted by Gasteiger charge is -2.13. The SMILES string of the molecule is C=CCc1cc(/C=C2\SC(=O)N(CCOc3ccc(C)cc3)C2=O)cc(OCC)c1O. The van der Waals surface area contributed by atoms with Crippen LogP contribution in [-0.2, 0) is 11.2 Å². The van der Waals surface area contributed by atoms with Gasteiger partial charge < -0.3 is 14.6 Å². The number of phenols is 1. The number of aryl methyl sites for hydroxylation is 1.